The molecule has 2 atom stereocenters. The number of halogens is 1. The molecule has 0 aromatic heterocycles. The number of likely N-dealkylation sites (tertiary alicyclic amines) is 1. The molecular weight excluding hydrogens is 145 g/mol. The van der Waals surface area contributed by atoms with Crippen molar-refractivity contribution in [3.05, 3.63) is 0 Å². The summed E-state index contributed by atoms with van der Waals surface area (Å²) in [6.45, 7) is 0.704. The minimum absolute atomic E-state index is 0.220. The van der Waals surface area contributed by atoms with E-state index in [1.54, 1.807) is 7.11 Å². The van der Waals surface area contributed by atoms with Crippen molar-refractivity contribution in [1.29, 1.82) is 0 Å². The van der Waals surface area contributed by atoms with Gasteiger partial charge >= 0.3 is 0 Å². The number of hydrogen-bond acceptors (Lipinski definition) is 2. The molecule has 0 aromatic carbocycles. The third-order valence-corrected chi connectivity index (χ3v) is 2.46. The fourth-order valence-corrected chi connectivity index (χ4v) is 1.73. The molecule has 0 aromatic rings. The molecule has 1 unspecified atom stereocenters. The van der Waals surface area contributed by atoms with Crippen molar-refractivity contribution in [2.24, 2.45) is 0 Å². The van der Waals surface area contributed by atoms with E-state index in [1.807, 2.05) is 7.05 Å². The molecule has 1 aliphatic rings. The lowest BCUT2D eigenvalue weighted by atomic mass is 10.1. The fraction of sp³-hybridized carbons (Fsp3) is 1.00. The highest BCUT2D eigenvalue weighted by atomic mass is 19.1. The number of rotatable bonds is 3. The normalized spacial score (nSPS) is 29.2. The van der Waals surface area contributed by atoms with Gasteiger partial charge in [-0.25, -0.2) is 4.39 Å². The summed E-state index contributed by atoms with van der Waals surface area (Å²) in [5, 5.41) is 0. The van der Waals surface area contributed by atoms with E-state index in [0.29, 0.717) is 6.04 Å². The maximum Gasteiger partial charge on any atom is 0.117 e. The summed E-state index contributed by atoms with van der Waals surface area (Å²) in [4.78, 5) is 2.17. The molecule has 3 heteroatoms. The van der Waals surface area contributed by atoms with Crippen molar-refractivity contribution < 1.29 is 9.13 Å². The average molecular weight is 161 g/mol. The Morgan fingerprint density at radius 1 is 1.73 bits per heavy atom. The molecule has 0 amide bonds. The Bertz CT molecular complexity index is 117. The molecule has 11 heavy (non-hydrogen) atoms. The van der Waals surface area contributed by atoms with Crippen LogP contribution in [0, 0.1) is 0 Å². The van der Waals surface area contributed by atoms with Crippen molar-refractivity contribution in [1.82, 2.24) is 4.90 Å². The zero-order chi connectivity index (χ0) is 8.27. The molecule has 0 N–H and O–H groups in total. The minimum Gasteiger partial charge on any atom is -0.377 e. The van der Waals surface area contributed by atoms with Gasteiger partial charge in [0.05, 0.1) is 0 Å². The first-order chi connectivity index (χ1) is 5.29. The van der Waals surface area contributed by atoms with E-state index in [4.69, 9.17) is 4.74 Å². The Labute approximate surface area is 67.3 Å². The van der Waals surface area contributed by atoms with Crippen LogP contribution in [-0.4, -0.2) is 44.4 Å². The summed E-state index contributed by atoms with van der Waals surface area (Å²) in [5.41, 5.74) is 0. The molecule has 0 aliphatic carbocycles. The summed E-state index contributed by atoms with van der Waals surface area (Å²) in [7, 11) is 3.61. The molecular formula is C8H16FNO. The largest absolute Gasteiger partial charge is 0.377 e. The average Bonchev–Trinajstić information content (AvgIpc) is 2.40. The topological polar surface area (TPSA) is 12.5 Å². The van der Waals surface area contributed by atoms with Crippen LogP contribution in [0.3, 0.4) is 0 Å². The molecule has 1 fully saturated rings. The van der Waals surface area contributed by atoms with Gasteiger partial charge < -0.3 is 9.64 Å². The van der Waals surface area contributed by atoms with Gasteiger partial charge in [-0.1, -0.05) is 0 Å². The standard InChI is InChI=1S/C8H16FNO/c1-10-5-3-4-7(10)8(6-9)11-2/h7-8H,3-6H2,1-2H3/t7-,8?/m0/s1. The van der Waals surface area contributed by atoms with E-state index >= 15 is 0 Å². The number of alkyl halides is 1. The minimum atomic E-state index is -0.370. The Hall–Kier alpha value is -0.150. The first-order valence-electron chi connectivity index (χ1n) is 4.08. The maximum atomic E-state index is 12.3. The lowest BCUT2D eigenvalue weighted by Gasteiger charge is -2.25. The molecule has 1 aliphatic heterocycles. The van der Waals surface area contributed by atoms with Crippen LogP contribution in [0.15, 0.2) is 0 Å². The Morgan fingerprint density at radius 2 is 2.45 bits per heavy atom. The predicted octanol–water partition coefficient (Wildman–Crippen LogP) is 1.07. The first-order valence-corrected chi connectivity index (χ1v) is 4.08. The molecule has 0 saturated carbocycles. The van der Waals surface area contributed by atoms with Crippen LogP contribution in [0.4, 0.5) is 4.39 Å². The second kappa shape index (κ2) is 4.02. The van der Waals surface area contributed by atoms with Crippen molar-refractivity contribution in [2.75, 3.05) is 27.4 Å². The molecule has 1 saturated heterocycles. The summed E-state index contributed by atoms with van der Waals surface area (Å²) >= 11 is 0. The zero-order valence-corrected chi connectivity index (χ0v) is 7.22. The summed E-state index contributed by atoms with van der Waals surface area (Å²) < 4.78 is 17.4. The number of methoxy groups -OCH3 is 1. The van der Waals surface area contributed by atoms with Crippen molar-refractivity contribution in [3.8, 4) is 0 Å². The van der Waals surface area contributed by atoms with Gasteiger partial charge in [-0.15, -0.1) is 0 Å². The van der Waals surface area contributed by atoms with Crippen LogP contribution in [0.2, 0.25) is 0 Å². The van der Waals surface area contributed by atoms with E-state index in [2.05, 4.69) is 4.90 Å². The second-order valence-electron chi connectivity index (χ2n) is 3.12. The van der Waals surface area contributed by atoms with Crippen LogP contribution in [0.1, 0.15) is 12.8 Å². The maximum absolute atomic E-state index is 12.3. The van der Waals surface area contributed by atoms with Crippen LogP contribution < -0.4 is 0 Å². The molecule has 66 valence electrons. The van der Waals surface area contributed by atoms with E-state index < -0.39 is 0 Å². The van der Waals surface area contributed by atoms with Crippen LogP contribution >= 0.6 is 0 Å². The Balaban J connectivity index is 2.43. The smallest absolute Gasteiger partial charge is 0.117 e. The van der Waals surface area contributed by atoms with Gasteiger partial charge in [0.15, 0.2) is 0 Å². The van der Waals surface area contributed by atoms with Gasteiger partial charge in [-0.05, 0) is 26.4 Å². The van der Waals surface area contributed by atoms with Gasteiger partial charge in [0, 0.05) is 13.2 Å². The van der Waals surface area contributed by atoms with E-state index in [9.17, 15) is 4.39 Å². The van der Waals surface area contributed by atoms with Gasteiger partial charge in [0.25, 0.3) is 0 Å². The van der Waals surface area contributed by atoms with E-state index in [0.717, 1.165) is 13.0 Å². The number of hydrogen-bond donors (Lipinski definition) is 0. The van der Waals surface area contributed by atoms with Gasteiger partial charge in [-0.2, -0.15) is 0 Å². The van der Waals surface area contributed by atoms with Crippen molar-refractivity contribution in [2.45, 2.75) is 25.0 Å². The molecule has 0 spiro atoms. The third-order valence-electron chi connectivity index (χ3n) is 2.46. The monoisotopic (exact) mass is 161 g/mol. The summed E-state index contributed by atoms with van der Waals surface area (Å²) in [6.07, 6.45) is 2.02. The SMILES string of the molecule is COC(CF)[C@@H]1CCCN1C. The molecule has 1 rings (SSSR count). The quantitative estimate of drug-likeness (QED) is 0.613. The number of nitrogens with zero attached hydrogens (tertiary/aromatic N) is 1. The predicted molar refractivity (Wildman–Crippen MR) is 42.4 cm³/mol. The lowest BCUT2D eigenvalue weighted by molar-refractivity contribution is 0.0224. The van der Waals surface area contributed by atoms with Gasteiger partial charge in [0.1, 0.15) is 12.8 Å². The molecule has 2 nitrogen and oxygen atoms in total. The highest BCUT2D eigenvalue weighted by Crippen LogP contribution is 2.19. The van der Waals surface area contributed by atoms with Crippen LogP contribution in [-0.2, 0) is 4.74 Å². The molecule has 0 bridgehead atoms. The third kappa shape index (κ3) is 1.91. The highest BCUT2D eigenvalue weighted by molar-refractivity contribution is 4.83. The molecule has 0 radical (unpaired) electrons. The second-order valence-corrected chi connectivity index (χ2v) is 3.12. The Kier molecular flexibility index (Phi) is 3.27. The summed E-state index contributed by atoms with van der Waals surface area (Å²) in [5.74, 6) is 0. The fourth-order valence-electron chi connectivity index (χ4n) is 1.73. The number of ether oxygens (including phenoxy) is 1. The molecule has 1 heterocycles. The number of likely N-dealkylation sites (N-methyl/N-ethyl adjacent to an activating group) is 1. The Morgan fingerprint density at radius 3 is 2.82 bits per heavy atom. The van der Waals surface area contributed by atoms with Gasteiger partial charge in [-0.3, -0.25) is 0 Å². The van der Waals surface area contributed by atoms with Crippen LogP contribution in [0.5, 0.6) is 0 Å². The summed E-state index contributed by atoms with van der Waals surface area (Å²) in [6, 6.07) is 0.296. The van der Waals surface area contributed by atoms with Gasteiger partial charge in [0.2, 0.25) is 0 Å². The highest BCUT2D eigenvalue weighted by Gasteiger charge is 2.28. The zero-order valence-electron chi connectivity index (χ0n) is 7.22. The lowest BCUT2D eigenvalue weighted by Crippen LogP contribution is -2.38. The van der Waals surface area contributed by atoms with Crippen molar-refractivity contribution >= 4 is 0 Å². The van der Waals surface area contributed by atoms with Crippen molar-refractivity contribution in [3.63, 3.8) is 0 Å². The first kappa shape index (κ1) is 8.94. The van der Waals surface area contributed by atoms with Crippen LogP contribution in [0.25, 0.3) is 0 Å². The van der Waals surface area contributed by atoms with E-state index in [-0.39, 0.29) is 12.8 Å². The van der Waals surface area contributed by atoms with E-state index in [1.165, 1.54) is 6.42 Å².